The Labute approximate surface area is 401 Å². The van der Waals surface area contributed by atoms with Crippen LogP contribution in [0.5, 0.6) is 5.75 Å². The number of phenolic OH excluding ortho intramolecular Hbond substituents is 1. The van der Waals surface area contributed by atoms with Gasteiger partial charge in [-0.3, -0.25) is 9.55 Å². The third-order valence-corrected chi connectivity index (χ3v) is 12.3. The van der Waals surface area contributed by atoms with E-state index < -0.39 is 31.5 Å². The van der Waals surface area contributed by atoms with Gasteiger partial charge in [0.15, 0.2) is 0 Å². The highest BCUT2D eigenvalue weighted by atomic mass is 16.3. The zero-order valence-corrected chi connectivity index (χ0v) is 36.9. The molecule has 2 heterocycles. The second-order valence-corrected chi connectivity index (χ2v) is 17.8. The molecule has 2 aromatic heterocycles. The van der Waals surface area contributed by atoms with Gasteiger partial charge in [0.25, 0.3) is 0 Å². The SMILES string of the molecule is [2H]C([2H])([2H])C(c1ccc(O)c(-c2nc3c(-c4cc(-c5ccccc5)cc(-c5cc(-c6ccc(-c7ccccc7)cc6)ccn5)c4)cccc3n2-c2ccc(C(C)(C)C)cc2-c2ccccc2)c1)(C([2H])([2H])[2H])C([2H])([2H])[2H]. The molecule has 4 nitrogen and oxygen atoms in total. The average molecular weight is 865 g/mol. The molecule has 0 amide bonds. The van der Waals surface area contributed by atoms with Gasteiger partial charge in [0, 0.05) is 35.2 Å². The predicted octanol–water partition coefficient (Wildman–Crippen LogP) is 16.4. The molecule has 0 unspecified atom stereocenters. The van der Waals surface area contributed by atoms with Gasteiger partial charge >= 0.3 is 0 Å². The summed E-state index contributed by atoms with van der Waals surface area (Å²) >= 11 is 0. The first-order valence-electron chi connectivity index (χ1n) is 26.5. The van der Waals surface area contributed by atoms with E-state index in [2.05, 4.69) is 99.6 Å². The summed E-state index contributed by atoms with van der Waals surface area (Å²) in [5.41, 5.74) is 9.60. The number of pyridine rings is 1. The number of phenols is 1. The van der Waals surface area contributed by atoms with E-state index in [9.17, 15) is 5.11 Å². The molecule has 0 aliphatic heterocycles. The first-order valence-corrected chi connectivity index (χ1v) is 22.0. The molecule has 10 aromatic rings. The summed E-state index contributed by atoms with van der Waals surface area (Å²) in [6, 6.07) is 64.3. The zero-order valence-electron chi connectivity index (χ0n) is 45.9. The summed E-state index contributed by atoms with van der Waals surface area (Å²) in [5.74, 6) is -0.242. The van der Waals surface area contributed by atoms with Gasteiger partial charge in [-0.05, 0) is 127 Å². The molecule has 4 heteroatoms. The van der Waals surface area contributed by atoms with Gasteiger partial charge < -0.3 is 5.11 Å². The quantitative estimate of drug-likeness (QED) is 0.166. The Morgan fingerprint density at radius 2 is 1.00 bits per heavy atom. The number of fused-ring (bicyclic) bond motifs is 1. The number of rotatable bonds is 8. The number of benzene rings is 8. The van der Waals surface area contributed by atoms with Crippen molar-refractivity contribution < 1.29 is 17.4 Å². The molecule has 66 heavy (non-hydrogen) atoms. The fourth-order valence-electron chi connectivity index (χ4n) is 8.73. The van der Waals surface area contributed by atoms with Crippen LogP contribution in [0.4, 0.5) is 0 Å². The second kappa shape index (κ2) is 17.0. The Kier molecular flexibility index (Phi) is 8.42. The van der Waals surface area contributed by atoms with E-state index in [0.717, 1.165) is 79.0 Å². The number of nitrogens with zero attached hydrogens (tertiary/aromatic N) is 3. The lowest BCUT2D eigenvalue weighted by Crippen LogP contribution is -2.12. The van der Waals surface area contributed by atoms with E-state index in [1.54, 1.807) is 0 Å². The molecular weight excluding hydrogens is 803 g/mol. The fraction of sp³-hybridized carbons (Fsp3) is 0.129. The first-order chi connectivity index (χ1) is 35.6. The van der Waals surface area contributed by atoms with Gasteiger partial charge in [-0.25, -0.2) is 4.98 Å². The van der Waals surface area contributed by atoms with Crippen LogP contribution >= 0.6 is 0 Å². The van der Waals surface area contributed by atoms with Crippen molar-refractivity contribution in [3.8, 4) is 89.7 Å². The predicted molar refractivity (Wildman–Crippen MR) is 276 cm³/mol. The standard InChI is InChI=1S/C62H53N3O/c1-61(2,3)50-29-31-56(53(39-50)45-21-14-9-15-22-45)65-57-24-16-23-52(59(57)64-60(65)54-40-51(62(4,5)6)30-32-58(54)66)48-35-47(42-19-12-8-13-20-42)36-49(37-48)55-38-46(33-34-63-55)44-27-25-43(26-28-44)41-17-10-7-11-18-41/h7-40,66H,1-6H3/i4D3,5D3,6D3. The maximum absolute atomic E-state index is 12.0. The van der Waals surface area contributed by atoms with E-state index in [0.29, 0.717) is 22.3 Å². The van der Waals surface area contributed by atoms with Crippen LogP contribution in [0.1, 0.15) is 64.8 Å². The van der Waals surface area contributed by atoms with Gasteiger partial charge in [0.2, 0.25) is 0 Å². The molecule has 0 aliphatic rings. The summed E-state index contributed by atoms with van der Waals surface area (Å²) in [7, 11) is 0. The lowest BCUT2D eigenvalue weighted by molar-refractivity contribution is 0.475. The van der Waals surface area contributed by atoms with Gasteiger partial charge in [-0.1, -0.05) is 181 Å². The van der Waals surface area contributed by atoms with Crippen LogP contribution in [0.2, 0.25) is 0 Å². The van der Waals surface area contributed by atoms with Crippen molar-refractivity contribution in [2.75, 3.05) is 0 Å². The minimum atomic E-state index is -3.54. The lowest BCUT2D eigenvalue weighted by Gasteiger charge is -2.23. The van der Waals surface area contributed by atoms with Crippen molar-refractivity contribution in [1.29, 1.82) is 0 Å². The van der Waals surface area contributed by atoms with Crippen LogP contribution in [-0.2, 0) is 10.8 Å². The minimum Gasteiger partial charge on any atom is -0.507 e. The topological polar surface area (TPSA) is 50.9 Å². The normalized spacial score (nSPS) is 14.4. The van der Waals surface area contributed by atoms with E-state index in [4.69, 9.17) is 22.3 Å². The molecule has 0 saturated carbocycles. The Morgan fingerprint density at radius 1 is 0.439 bits per heavy atom. The summed E-state index contributed by atoms with van der Waals surface area (Å²) in [6.45, 7) is -4.24. The highest BCUT2D eigenvalue weighted by Crippen LogP contribution is 2.43. The average Bonchev–Trinajstić information content (AvgIpc) is 3.91. The molecular formula is C62H53N3O. The van der Waals surface area contributed by atoms with Crippen molar-refractivity contribution >= 4 is 11.0 Å². The second-order valence-electron chi connectivity index (χ2n) is 17.8. The molecule has 0 fully saturated rings. The van der Waals surface area contributed by atoms with Crippen LogP contribution in [-0.4, -0.2) is 19.6 Å². The van der Waals surface area contributed by atoms with Crippen LogP contribution < -0.4 is 0 Å². The van der Waals surface area contributed by atoms with Gasteiger partial charge in [0.05, 0.1) is 28.0 Å². The van der Waals surface area contributed by atoms with Crippen molar-refractivity contribution in [1.82, 2.24) is 14.5 Å². The number of hydrogen-bond acceptors (Lipinski definition) is 3. The summed E-state index contributed by atoms with van der Waals surface area (Å²) < 4.78 is 79.0. The molecule has 0 atom stereocenters. The van der Waals surface area contributed by atoms with Crippen molar-refractivity contribution in [3.05, 3.63) is 218 Å². The number of para-hydroxylation sites is 1. The summed E-state index contributed by atoms with van der Waals surface area (Å²) in [5, 5.41) is 12.0. The molecule has 1 N–H and O–H groups in total. The highest BCUT2D eigenvalue weighted by molar-refractivity contribution is 5.98. The third kappa shape index (κ3) is 8.23. The Hall–Kier alpha value is -7.82. The maximum atomic E-state index is 12.0. The fourth-order valence-corrected chi connectivity index (χ4v) is 8.73. The number of hydrogen-bond donors (Lipinski definition) is 1. The maximum Gasteiger partial charge on any atom is 0.149 e. The van der Waals surface area contributed by atoms with E-state index in [1.165, 1.54) is 6.07 Å². The number of imidazole rings is 1. The van der Waals surface area contributed by atoms with Crippen LogP contribution in [0.15, 0.2) is 206 Å². The van der Waals surface area contributed by atoms with Crippen molar-refractivity contribution in [3.63, 3.8) is 0 Å². The minimum absolute atomic E-state index is 0.0628. The van der Waals surface area contributed by atoms with Crippen LogP contribution in [0, 0.1) is 0 Å². The first kappa shape index (κ1) is 32.8. The smallest absolute Gasteiger partial charge is 0.149 e. The zero-order chi connectivity index (χ0) is 53.1. The monoisotopic (exact) mass is 864 g/mol. The molecule has 0 aliphatic carbocycles. The van der Waals surface area contributed by atoms with Gasteiger partial charge in [-0.15, -0.1) is 0 Å². The van der Waals surface area contributed by atoms with Crippen molar-refractivity contribution in [2.45, 2.75) is 52.2 Å². The Balaban J connectivity index is 1.24. The summed E-state index contributed by atoms with van der Waals surface area (Å²) in [4.78, 5) is 10.3. The van der Waals surface area contributed by atoms with Crippen LogP contribution in [0.25, 0.3) is 95.0 Å². The Morgan fingerprint density at radius 3 is 1.67 bits per heavy atom. The largest absolute Gasteiger partial charge is 0.507 e. The van der Waals surface area contributed by atoms with E-state index >= 15 is 0 Å². The molecule has 10 rings (SSSR count). The molecule has 8 aromatic carbocycles. The number of aromatic nitrogens is 3. The molecule has 0 saturated heterocycles. The van der Waals surface area contributed by atoms with E-state index in [-0.39, 0.29) is 22.6 Å². The molecule has 0 spiro atoms. The lowest BCUT2D eigenvalue weighted by atomic mass is 9.84. The van der Waals surface area contributed by atoms with Gasteiger partial charge in [-0.2, -0.15) is 0 Å². The van der Waals surface area contributed by atoms with Crippen molar-refractivity contribution in [2.24, 2.45) is 0 Å². The summed E-state index contributed by atoms with van der Waals surface area (Å²) in [6.07, 6.45) is 1.81. The van der Waals surface area contributed by atoms with Crippen LogP contribution in [0.3, 0.4) is 0 Å². The Bertz CT molecular complexity index is 3670. The van der Waals surface area contributed by atoms with E-state index in [1.807, 2.05) is 114 Å². The molecule has 322 valence electrons. The highest BCUT2D eigenvalue weighted by Gasteiger charge is 2.26. The third-order valence-electron chi connectivity index (χ3n) is 12.3. The molecule has 0 bridgehead atoms. The molecule has 0 radical (unpaired) electrons. The number of aromatic hydroxyl groups is 1. The van der Waals surface area contributed by atoms with Gasteiger partial charge in [0.1, 0.15) is 11.6 Å².